The van der Waals surface area contributed by atoms with Crippen LogP contribution in [-0.4, -0.2) is 25.7 Å². The largest absolute Gasteiger partial charge is 0.380 e. The molecule has 0 heterocycles. The highest BCUT2D eigenvalue weighted by Gasteiger charge is 2.33. The van der Waals surface area contributed by atoms with Gasteiger partial charge in [-0.05, 0) is 11.6 Å². The first-order chi connectivity index (χ1) is 9.54. The highest BCUT2D eigenvalue weighted by atomic mass is 35.5. The Labute approximate surface area is 125 Å². The van der Waals surface area contributed by atoms with Crippen molar-refractivity contribution < 1.29 is 10.0 Å². The van der Waals surface area contributed by atoms with Gasteiger partial charge >= 0.3 is 0 Å². The zero-order chi connectivity index (χ0) is 14.6. The molecular weight excluding hydrogens is 270 g/mol. The summed E-state index contributed by atoms with van der Waals surface area (Å²) in [5.41, 5.74) is 0.611. The summed E-state index contributed by atoms with van der Waals surface area (Å²) in [5, 5.41) is 11.9. The fourth-order valence-corrected chi connectivity index (χ4v) is 2.67. The van der Waals surface area contributed by atoms with Gasteiger partial charge in [0.1, 0.15) is 5.60 Å². The number of aliphatic hydroxyl groups is 1. The van der Waals surface area contributed by atoms with E-state index in [0.717, 1.165) is 17.7 Å². The molecule has 106 valence electrons. The topological polar surface area (TPSA) is 24.7 Å². The van der Waals surface area contributed by atoms with Crippen molar-refractivity contribution >= 4 is 11.6 Å². The molecule has 2 rings (SSSR count). The second-order valence-corrected chi connectivity index (χ2v) is 5.82. The standard InChI is InChI=1S/C17H20ClNO/c1-19(2)13-12-17(20,14-8-4-3-5-9-14)15-10-6-7-11-16(15)18/h3-11,20H,12-13H2,1-2H3/p+1. The molecule has 0 saturated carbocycles. The summed E-state index contributed by atoms with van der Waals surface area (Å²) in [4.78, 5) is 1.30. The molecule has 0 aliphatic heterocycles. The summed E-state index contributed by atoms with van der Waals surface area (Å²) < 4.78 is 0. The highest BCUT2D eigenvalue weighted by molar-refractivity contribution is 6.31. The van der Waals surface area contributed by atoms with E-state index < -0.39 is 5.60 Å². The van der Waals surface area contributed by atoms with Crippen LogP contribution in [0.25, 0.3) is 0 Å². The van der Waals surface area contributed by atoms with Crippen LogP contribution in [0.1, 0.15) is 17.5 Å². The molecule has 20 heavy (non-hydrogen) atoms. The Kier molecular flexibility index (Phi) is 4.81. The van der Waals surface area contributed by atoms with Gasteiger partial charge < -0.3 is 10.0 Å². The van der Waals surface area contributed by atoms with E-state index in [-0.39, 0.29) is 0 Å². The predicted molar refractivity (Wildman–Crippen MR) is 83.2 cm³/mol. The molecular formula is C17H21ClNO+. The van der Waals surface area contributed by atoms with Crippen LogP contribution in [0.15, 0.2) is 54.6 Å². The van der Waals surface area contributed by atoms with Crippen LogP contribution in [-0.2, 0) is 5.60 Å². The van der Waals surface area contributed by atoms with Crippen molar-refractivity contribution in [2.75, 3.05) is 20.6 Å². The summed E-state index contributed by atoms with van der Waals surface area (Å²) in [6, 6.07) is 17.3. The third-order valence-electron chi connectivity index (χ3n) is 3.56. The molecule has 0 aliphatic carbocycles. The van der Waals surface area contributed by atoms with E-state index in [0.29, 0.717) is 11.4 Å². The normalized spacial score (nSPS) is 14.2. The van der Waals surface area contributed by atoms with Crippen LogP contribution in [0.3, 0.4) is 0 Å². The predicted octanol–water partition coefficient (Wildman–Crippen LogP) is 2.11. The molecule has 0 saturated heterocycles. The van der Waals surface area contributed by atoms with E-state index in [1.165, 1.54) is 4.90 Å². The molecule has 0 amide bonds. The Hall–Kier alpha value is -1.35. The molecule has 0 aromatic heterocycles. The summed E-state index contributed by atoms with van der Waals surface area (Å²) >= 11 is 6.31. The first-order valence-electron chi connectivity index (χ1n) is 6.86. The van der Waals surface area contributed by atoms with E-state index in [2.05, 4.69) is 14.1 Å². The van der Waals surface area contributed by atoms with Gasteiger partial charge in [-0.3, -0.25) is 0 Å². The average Bonchev–Trinajstić information content (AvgIpc) is 2.46. The van der Waals surface area contributed by atoms with Crippen molar-refractivity contribution in [3.63, 3.8) is 0 Å². The summed E-state index contributed by atoms with van der Waals surface area (Å²) in [5.74, 6) is 0. The number of nitrogens with one attached hydrogen (secondary N) is 1. The Balaban J connectivity index is 2.47. The first-order valence-corrected chi connectivity index (χ1v) is 7.24. The lowest BCUT2D eigenvalue weighted by Crippen LogP contribution is -3.05. The van der Waals surface area contributed by atoms with Gasteiger partial charge in [-0.2, -0.15) is 0 Å². The van der Waals surface area contributed by atoms with E-state index in [4.69, 9.17) is 11.6 Å². The van der Waals surface area contributed by atoms with Crippen molar-refractivity contribution in [3.05, 3.63) is 70.7 Å². The molecule has 3 heteroatoms. The number of rotatable bonds is 5. The monoisotopic (exact) mass is 290 g/mol. The van der Waals surface area contributed by atoms with Crippen molar-refractivity contribution in [1.82, 2.24) is 0 Å². The number of quaternary nitrogens is 1. The number of hydrogen-bond acceptors (Lipinski definition) is 1. The van der Waals surface area contributed by atoms with Crippen LogP contribution in [0.2, 0.25) is 5.02 Å². The van der Waals surface area contributed by atoms with Crippen molar-refractivity contribution in [3.8, 4) is 0 Å². The van der Waals surface area contributed by atoms with Gasteiger partial charge in [0.15, 0.2) is 0 Å². The van der Waals surface area contributed by atoms with Gasteiger partial charge in [-0.25, -0.2) is 0 Å². The number of hydrogen-bond donors (Lipinski definition) is 2. The minimum Gasteiger partial charge on any atom is -0.380 e. The average molecular weight is 291 g/mol. The second kappa shape index (κ2) is 6.40. The fourth-order valence-electron chi connectivity index (χ4n) is 2.38. The summed E-state index contributed by atoms with van der Waals surface area (Å²) in [6.07, 6.45) is 0.628. The quantitative estimate of drug-likeness (QED) is 0.866. The van der Waals surface area contributed by atoms with Gasteiger partial charge in [-0.1, -0.05) is 60.1 Å². The van der Waals surface area contributed by atoms with Gasteiger partial charge in [0.25, 0.3) is 0 Å². The molecule has 2 aromatic carbocycles. The van der Waals surface area contributed by atoms with Crippen molar-refractivity contribution in [2.24, 2.45) is 0 Å². The molecule has 1 unspecified atom stereocenters. The lowest BCUT2D eigenvalue weighted by molar-refractivity contribution is -0.859. The van der Waals surface area contributed by atoms with Crippen molar-refractivity contribution in [1.29, 1.82) is 0 Å². The van der Waals surface area contributed by atoms with Crippen LogP contribution in [0.4, 0.5) is 0 Å². The molecule has 0 radical (unpaired) electrons. The smallest absolute Gasteiger partial charge is 0.121 e. The van der Waals surface area contributed by atoms with E-state index >= 15 is 0 Å². The zero-order valence-corrected chi connectivity index (χ0v) is 12.7. The second-order valence-electron chi connectivity index (χ2n) is 5.41. The van der Waals surface area contributed by atoms with Crippen LogP contribution in [0.5, 0.6) is 0 Å². The minimum atomic E-state index is -1.04. The van der Waals surface area contributed by atoms with Crippen LogP contribution < -0.4 is 4.90 Å². The maximum atomic E-state index is 11.3. The van der Waals surface area contributed by atoms with Gasteiger partial charge in [0.2, 0.25) is 0 Å². The molecule has 2 aromatic rings. The van der Waals surface area contributed by atoms with Crippen LogP contribution >= 0.6 is 11.6 Å². The number of halogens is 1. The van der Waals surface area contributed by atoms with Gasteiger partial charge in [-0.15, -0.1) is 0 Å². The number of benzene rings is 2. The first kappa shape index (κ1) is 15.0. The fraction of sp³-hybridized carbons (Fsp3) is 0.294. The molecule has 0 aliphatic rings. The Morgan fingerprint density at radius 1 is 1.00 bits per heavy atom. The third kappa shape index (κ3) is 3.21. The lowest BCUT2D eigenvalue weighted by Gasteiger charge is -2.30. The molecule has 0 bridgehead atoms. The van der Waals surface area contributed by atoms with E-state index in [1.54, 1.807) is 0 Å². The van der Waals surface area contributed by atoms with Gasteiger partial charge in [0, 0.05) is 17.0 Å². The van der Waals surface area contributed by atoms with E-state index in [9.17, 15) is 5.11 Å². The molecule has 2 N–H and O–H groups in total. The summed E-state index contributed by atoms with van der Waals surface area (Å²) in [6.45, 7) is 0.858. The van der Waals surface area contributed by atoms with E-state index in [1.807, 2.05) is 54.6 Å². The molecule has 0 spiro atoms. The van der Waals surface area contributed by atoms with Gasteiger partial charge in [0.05, 0.1) is 20.6 Å². The zero-order valence-electron chi connectivity index (χ0n) is 11.9. The molecule has 1 atom stereocenters. The third-order valence-corrected chi connectivity index (χ3v) is 3.89. The molecule has 0 fully saturated rings. The maximum Gasteiger partial charge on any atom is 0.121 e. The highest BCUT2D eigenvalue weighted by Crippen LogP contribution is 2.36. The summed E-state index contributed by atoms with van der Waals surface area (Å²) in [7, 11) is 4.16. The lowest BCUT2D eigenvalue weighted by atomic mass is 9.83. The Morgan fingerprint density at radius 3 is 2.20 bits per heavy atom. The van der Waals surface area contributed by atoms with Crippen LogP contribution in [0, 0.1) is 0 Å². The molecule has 2 nitrogen and oxygen atoms in total. The Morgan fingerprint density at radius 2 is 1.60 bits per heavy atom. The van der Waals surface area contributed by atoms with Crippen molar-refractivity contribution in [2.45, 2.75) is 12.0 Å². The maximum absolute atomic E-state index is 11.3. The Bertz CT molecular complexity index is 556. The minimum absolute atomic E-state index is 0.604. The SMILES string of the molecule is C[NH+](C)CCC(O)(c1ccccc1)c1ccccc1Cl.